The molecule has 0 saturated carbocycles. The smallest absolute Gasteiger partial charge is 0.280 e. The molecule has 0 unspecified atom stereocenters. The largest absolute Gasteiger partial charge is 0.494 e. The van der Waals surface area contributed by atoms with Crippen LogP contribution < -0.4 is 15.5 Å². The molecule has 0 aliphatic heterocycles. The third kappa shape index (κ3) is 4.83. The maximum Gasteiger partial charge on any atom is 0.280 e. The first kappa shape index (κ1) is 22.5. The zero-order chi connectivity index (χ0) is 24.4. The predicted molar refractivity (Wildman–Crippen MR) is 139 cm³/mol. The molecule has 5 rings (SSSR count). The topological polar surface area (TPSA) is 86.1 Å². The van der Waals surface area contributed by atoms with E-state index in [0.717, 1.165) is 26.5 Å². The minimum atomic E-state index is -0.571. The highest BCUT2D eigenvalue weighted by atomic mass is 32.1. The molecule has 0 aliphatic carbocycles. The number of nitrogens with one attached hydrogen (secondary N) is 1. The van der Waals surface area contributed by atoms with Gasteiger partial charge in [0.1, 0.15) is 10.8 Å². The molecule has 7 nitrogen and oxygen atoms in total. The molecule has 1 N–H and O–H groups in total. The summed E-state index contributed by atoms with van der Waals surface area (Å²) in [6.07, 6.45) is 1.53. The molecule has 0 saturated heterocycles. The number of aromatic nitrogens is 3. The van der Waals surface area contributed by atoms with Gasteiger partial charge in [0.15, 0.2) is 5.69 Å². The molecule has 174 valence electrons. The van der Waals surface area contributed by atoms with Crippen molar-refractivity contribution in [2.75, 3.05) is 11.9 Å². The van der Waals surface area contributed by atoms with E-state index < -0.39 is 11.3 Å². The Labute approximate surface area is 205 Å². The molecule has 35 heavy (non-hydrogen) atoms. The second kappa shape index (κ2) is 9.52. The van der Waals surface area contributed by atoms with Gasteiger partial charge in [-0.15, -0.1) is 11.3 Å². The quantitative estimate of drug-likeness (QED) is 0.347. The third-order valence-electron chi connectivity index (χ3n) is 5.37. The molecule has 3 aromatic carbocycles. The number of hydrogen-bond acceptors (Lipinski definition) is 6. The number of nitrogens with zero attached hydrogens (tertiary/aromatic N) is 3. The first-order valence-corrected chi connectivity index (χ1v) is 11.9. The molecule has 2 heterocycles. The fourth-order valence-electron chi connectivity index (χ4n) is 3.61. The number of carbonyl (C=O) groups is 1. The lowest BCUT2D eigenvalue weighted by Gasteiger charge is -2.09. The normalized spacial score (nSPS) is 10.9. The summed E-state index contributed by atoms with van der Waals surface area (Å²) in [4.78, 5) is 29.9. The Morgan fingerprint density at radius 2 is 1.80 bits per heavy atom. The van der Waals surface area contributed by atoms with Crippen molar-refractivity contribution in [1.82, 2.24) is 14.8 Å². The Morgan fingerprint density at radius 1 is 1.03 bits per heavy atom. The number of hydrogen-bond donors (Lipinski definition) is 1. The van der Waals surface area contributed by atoms with Crippen LogP contribution in [0.3, 0.4) is 0 Å². The van der Waals surface area contributed by atoms with E-state index in [2.05, 4.69) is 23.4 Å². The van der Waals surface area contributed by atoms with Gasteiger partial charge in [0, 0.05) is 23.5 Å². The van der Waals surface area contributed by atoms with Gasteiger partial charge < -0.3 is 10.1 Å². The average Bonchev–Trinajstić information content (AvgIpc) is 3.29. The fourth-order valence-corrected chi connectivity index (χ4v) is 4.68. The van der Waals surface area contributed by atoms with Crippen LogP contribution in [0.5, 0.6) is 5.75 Å². The number of benzene rings is 3. The maximum absolute atomic E-state index is 12.8. The van der Waals surface area contributed by atoms with Gasteiger partial charge in [-0.05, 0) is 80.1 Å². The van der Waals surface area contributed by atoms with Gasteiger partial charge in [0.2, 0.25) is 5.43 Å². The molecule has 0 atom stereocenters. The molecule has 1 amide bonds. The SMILES string of the molecule is CCOc1ccc(-n2ccc(=O)c(C(=O)Nc3ccc(-c4nc5ccc(C)cc5s4)cc3)n2)cc1. The standard InChI is InChI=1S/C27H22N4O3S/c1-3-34-21-11-9-20(10-12-21)31-15-14-23(32)25(30-31)26(33)28-19-7-5-18(6-8-19)27-29-22-13-4-17(2)16-24(22)35-27/h4-16H,3H2,1-2H3,(H,28,33). The number of rotatable bonds is 6. The van der Waals surface area contributed by atoms with Crippen LogP contribution in [-0.2, 0) is 0 Å². The van der Waals surface area contributed by atoms with Gasteiger partial charge in [-0.1, -0.05) is 6.07 Å². The summed E-state index contributed by atoms with van der Waals surface area (Å²) in [5.74, 6) is 0.165. The van der Waals surface area contributed by atoms with Crippen molar-refractivity contribution in [3.05, 3.63) is 100 Å². The number of amides is 1. The van der Waals surface area contributed by atoms with Crippen molar-refractivity contribution in [2.24, 2.45) is 0 Å². The van der Waals surface area contributed by atoms with Gasteiger partial charge >= 0.3 is 0 Å². The van der Waals surface area contributed by atoms with Gasteiger partial charge in [0.25, 0.3) is 5.91 Å². The van der Waals surface area contributed by atoms with E-state index in [9.17, 15) is 9.59 Å². The van der Waals surface area contributed by atoms with Crippen molar-refractivity contribution in [2.45, 2.75) is 13.8 Å². The maximum atomic E-state index is 12.8. The summed E-state index contributed by atoms with van der Waals surface area (Å²) in [5.41, 5.74) is 3.75. The summed E-state index contributed by atoms with van der Waals surface area (Å²) in [6.45, 7) is 4.54. The molecule has 0 spiro atoms. The number of thiazole rings is 1. The van der Waals surface area contributed by atoms with Crippen LogP contribution in [0.4, 0.5) is 5.69 Å². The second-order valence-corrected chi connectivity index (χ2v) is 8.95. The van der Waals surface area contributed by atoms with Gasteiger partial charge in [-0.3, -0.25) is 9.59 Å². The van der Waals surface area contributed by atoms with Crippen molar-refractivity contribution in [3.8, 4) is 22.0 Å². The minimum Gasteiger partial charge on any atom is -0.494 e. The number of anilines is 1. The zero-order valence-electron chi connectivity index (χ0n) is 19.2. The summed E-state index contributed by atoms with van der Waals surface area (Å²) in [7, 11) is 0. The van der Waals surface area contributed by atoms with E-state index in [-0.39, 0.29) is 5.69 Å². The molecule has 5 aromatic rings. The van der Waals surface area contributed by atoms with E-state index in [0.29, 0.717) is 18.0 Å². The second-order valence-electron chi connectivity index (χ2n) is 7.92. The molecule has 2 aromatic heterocycles. The molecular weight excluding hydrogens is 460 g/mol. The van der Waals surface area contributed by atoms with Gasteiger partial charge in [-0.2, -0.15) is 5.10 Å². The van der Waals surface area contributed by atoms with E-state index >= 15 is 0 Å². The van der Waals surface area contributed by atoms with Crippen LogP contribution in [0.2, 0.25) is 0 Å². The average molecular weight is 483 g/mol. The Hall–Kier alpha value is -4.30. The lowest BCUT2D eigenvalue weighted by molar-refractivity contribution is 0.101. The highest BCUT2D eigenvalue weighted by Gasteiger charge is 2.14. The summed E-state index contributed by atoms with van der Waals surface area (Å²) in [5, 5.41) is 7.93. The summed E-state index contributed by atoms with van der Waals surface area (Å²) < 4.78 is 8.08. The van der Waals surface area contributed by atoms with E-state index in [4.69, 9.17) is 9.72 Å². The zero-order valence-corrected chi connectivity index (χ0v) is 20.0. The third-order valence-corrected chi connectivity index (χ3v) is 6.44. The fraction of sp³-hybridized carbons (Fsp3) is 0.111. The predicted octanol–water partition coefficient (Wildman–Crippen LogP) is 5.47. The highest BCUT2D eigenvalue weighted by Crippen LogP contribution is 2.31. The molecular formula is C27H22N4O3S. The molecule has 0 bridgehead atoms. The van der Waals surface area contributed by atoms with Crippen LogP contribution >= 0.6 is 11.3 Å². The van der Waals surface area contributed by atoms with E-state index in [1.54, 1.807) is 23.5 Å². The lowest BCUT2D eigenvalue weighted by atomic mass is 10.2. The molecule has 0 radical (unpaired) electrons. The van der Waals surface area contributed by atoms with E-state index in [1.165, 1.54) is 22.5 Å². The Kier molecular flexibility index (Phi) is 6.12. The first-order valence-electron chi connectivity index (χ1n) is 11.1. The highest BCUT2D eigenvalue weighted by molar-refractivity contribution is 7.21. The van der Waals surface area contributed by atoms with Crippen molar-refractivity contribution in [1.29, 1.82) is 0 Å². The number of ether oxygens (including phenoxy) is 1. The number of fused-ring (bicyclic) bond motifs is 1. The van der Waals surface area contributed by atoms with Crippen LogP contribution in [-0.4, -0.2) is 27.3 Å². The van der Waals surface area contributed by atoms with Crippen LogP contribution in [0.15, 0.2) is 83.8 Å². The molecule has 8 heteroatoms. The van der Waals surface area contributed by atoms with Crippen molar-refractivity contribution in [3.63, 3.8) is 0 Å². The lowest BCUT2D eigenvalue weighted by Crippen LogP contribution is -2.25. The van der Waals surface area contributed by atoms with Gasteiger partial charge in [-0.25, -0.2) is 9.67 Å². The van der Waals surface area contributed by atoms with Crippen LogP contribution in [0.25, 0.3) is 26.5 Å². The van der Waals surface area contributed by atoms with Crippen LogP contribution in [0, 0.1) is 6.92 Å². The van der Waals surface area contributed by atoms with Crippen molar-refractivity contribution >= 4 is 33.1 Å². The number of aryl methyl sites for hydroxylation is 1. The molecule has 0 aliphatic rings. The molecule has 0 fully saturated rings. The minimum absolute atomic E-state index is 0.188. The summed E-state index contributed by atoms with van der Waals surface area (Å²) >= 11 is 1.63. The monoisotopic (exact) mass is 482 g/mol. The van der Waals surface area contributed by atoms with Crippen molar-refractivity contribution < 1.29 is 9.53 Å². The first-order chi connectivity index (χ1) is 17.0. The summed E-state index contributed by atoms with van der Waals surface area (Å²) in [6, 6.07) is 22.1. The Balaban J connectivity index is 1.34. The van der Waals surface area contributed by atoms with E-state index in [1.807, 2.05) is 55.5 Å². The van der Waals surface area contributed by atoms with Gasteiger partial charge in [0.05, 0.1) is 22.5 Å². The number of carbonyl (C=O) groups excluding carboxylic acids is 1. The Morgan fingerprint density at radius 3 is 2.54 bits per heavy atom. The van der Waals surface area contributed by atoms with Crippen LogP contribution in [0.1, 0.15) is 23.0 Å². The Bertz CT molecular complexity index is 1570.